The number of benzene rings is 1. The third-order valence-electron chi connectivity index (χ3n) is 4.36. The summed E-state index contributed by atoms with van der Waals surface area (Å²) in [5.41, 5.74) is 1.86. The van der Waals surface area contributed by atoms with Gasteiger partial charge >= 0.3 is 6.03 Å². The van der Waals surface area contributed by atoms with Crippen LogP contribution in [-0.2, 0) is 21.7 Å². The zero-order valence-electron chi connectivity index (χ0n) is 15.3. The topological polar surface area (TPSA) is 109 Å². The molecular weight excluding hydrogens is 380 g/mol. The highest BCUT2D eigenvalue weighted by Gasteiger charge is 2.52. The molecule has 1 aromatic heterocycles. The zero-order valence-corrected chi connectivity index (χ0v) is 16.1. The maximum absolute atomic E-state index is 13.0. The Kier molecular flexibility index (Phi) is 5.78. The lowest BCUT2D eigenvalue weighted by atomic mass is 9.87. The molecule has 2 aromatic rings. The number of allylic oxidation sites excluding steroid dienone is 1. The minimum absolute atomic E-state index is 0.0304. The number of nitrogens with zero attached hydrogens (tertiary/aromatic N) is 4. The van der Waals surface area contributed by atoms with Gasteiger partial charge in [0, 0.05) is 6.54 Å². The molecule has 1 aliphatic heterocycles. The van der Waals surface area contributed by atoms with Gasteiger partial charge in [0.2, 0.25) is 5.91 Å². The Hall–Kier alpha value is -3.14. The number of nitrogens with one attached hydrogen (secondary N) is 2. The molecular formula is C18H20N6O3S. The van der Waals surface area contributed by atoms with Crippen molar-refractivity contribution in [1.29, 1.82) is 0 Å². The van der Waals surface area contributed by atoms with E-state index < -0.39 is 23.4 Å². The Morgan fingerprint density at radius 3 is 2.79 bits per heavy atom. The molecule has 0 unspecified atom stereocenters. The van der Waals surface area contributed by atoms with Gasteiger partial charge in [0.05, 0.1) is 5.75 Å². The van der Waals surface area contributed by atoms with E-state index in [-0.39, 0.29) is 5.75 Å². The summed E-state index contributed by atoms with van der Waals surface area (Å²) < 4.78 is 1.73. The molecule has 0 aliphatic carbocycles. The molecule has 2 heterocycles. The van der Waals surface area contributed by atoms with Gasteiger partial charge in [-0.05, 0) is 12.0 Å². The fourth-order valence-corrected chi connectivity index (χ4v) is 3.66. The quantitative estimate of drug-likeness (QED) is 0.394. The standard InChI is InChI=1S/C18H20N6O3S/c1-3-10-23-12-19-21-17(23)28-11-14(25)22-24-15(26)18(4-2,20-16(24)27)13-8-6-5-7-9-13/h3,5-9,12H,1,4,10-11H2,2H3,(H,20,27)(H,22,25)/t18-/m0/s1. The van der Waals surface area contributed by atoms with Crippen LogP contribution in [0.15, 0.2) is 54.5 Å². The molecule has 2 N–H and O–H groups in total. The molecule has 1 aliphatic rings. The second-order valence-corrected chi connectivity index (χ2v) is 7.02. The van der Waals surface area contributed by atoms with Crippen LogP contribution >= 0.6 is 11.8 Å². The Labute approximate surface area is 166 Å². The average molecular weight is 400 g/mol. The largest absolute Gasteiger partial charge is 0.344 e. The summed E-state index contributed by atoms with van der Waals surface area (Å²) in [6, 6.07) is 8.30. The van der Waals surface area contributed by atoms with E-state index in [0.717, 1.165) is 16.8 Å². The van der Waals surface area contributed by atoms with Crippen LogP contribution in [0.4, 0.5) is 4.79 Å². The summed E-state index contributed by atoms with van der Waals surface area (Å²) in [5.74, 6) is -1.04. The van der Waals surface area contributed by atoms with Gasteiger partial charge in [0.15, 0.2) is 5.16 Å². The van der Waals surface area contributed by atoms with Crippen LogP contribution in [0.1, 0.15) is 18.9 Å². The second-order valence-electron chi connectivity index (χ2n) is 6.07. The molecule has 9 nitrogen and oxygen atoms in total. The maximum atomic E-state index is 13.0. The Balaban J connectivity index is 1.68. The first-order valence-corrected chi connectivity index (χ1v) is 9.63. The van der Waals surface area contributed by atoms with Crippen molar-refractivity contribution in [3.05, 3.63) is 54.9 Å². The van der Waals surface area contributed by atoms with E-state index in [1.807, 2.05) is 6.07 Å². The van der Waals surface area contributed by atoms with Gasteiger partial charge in [-0.15, -0.1) is 16.8 Å². The predicted octanol–water partition coefficient (Wildman–Crippen LogP) is 1.44. The van der Waals surface area contributed by atoms with Gasteiger partial charge in [-0.25, -0.2) is 4.79 Å². The summed E-state index contributed by atoms with van der Waals surface area (Å²) in [6.07, 6.45) is 3.58. The molecule has 0 bridgehead atoms. The number of urea groups is 1. The van der Waals surface area contributed by atoms with Gasteiger partial charge in [0.1, 0.15) is 11.9 Å². The molecule has 1 aromatic carbocycles. The number of thioether (sulfide) groups is 1. The SMILES string of the molecule is C=CCn1cnnc1SCC(=O)NN1C(=O)N[C@@](CC)(c2ccccc2)C1=O. The van der Waals surface area contributed by atoms with Crippen molar-refractivity contribution in [2.45, 2.75) is 30.6 Å². The minimum atomic E-state index is -1.19. The summed E-state index contributed by atoms with van der Waals surface area (Å²) in [4.78, 5) is 37.6. The lowest BCUT2D eigenvalue weighted by molar-refractivity contribution is -0.138. The first kappa shape index (κ1) is 19.6. The van der Waals surface area contributed by atoms with Crippen molar-refractivity contribution in [3.63, 3.8) is 0 Å². The number of aromatic nitrogens is 3. The first-order valence-electron chi connectivity index (χ1n) is 8.65. The van der Waals surface area contributed by atoms with Crippen LogP contribution in [0.25, 0.3) is 0 Å². The van der Waals surface area contributed by atoms with Crippen molar-refractivity contribution >= 4 is 29.6 Å². The smallest absolute Gasteiger partial charge is 0.318 e. The van der Waals surface area contributed by atoms with E-state index in [4.69, 9.17) is 0 Å². The molecule has 0 saturated carbocycles. The maximum Gasteiger partial charge on any atom is 0.344 e. The van der Waals surface area contributed by atoms with E-state index in [2.05, 4.69) is 27.5 Å². The molecule has 4 amide bonds. The van der Waals surface area contributed by atoms with E-state index >= 15 is 0 Å². The fourth-order valence-electron chi connectivity index (χ4n) is 2.95. The molecule has 28 heavy (non-hydrogen) atoms. The highest BCUT2D eigenvalue weighted by molar-refractivity contribution is 7.99. The van der Waals surface area contributed by atoms with Crippen molar-refractivity contribution in [2.24, 2.45) is 0 Å². The van der Waals surface area contributed by atoms with Crippen LogP contribution in [0.3, 0.4) is 0 Å². The highest BCUT2D eigenvalue weighted by atomic mass is 32.2. The molecule has 10 heteroatoms. The van der Waals surface area contributed by atoms with Crippen molar-refractivity contribution in [3.8, 4) is 0 Å². The number of hydrazine groups is 1. The fraction of sp³-hybridized carbons (Fsp3) is 0.278. The Morgan fingerprint density at radius 2 is 2.11 bits per heavy atom. The minimum Gasteiger partial charge on any atom is -0.318 e. The summed E-state index contributed by atoms with van der Waals surface area (Å²) in [7, 11) is 0. The number of hydrogen-bond acceptors (Lipinski definition) is 6. The van der Waals surface area contributed by atoms with Gasteiger partial charge in [-0.2, -0.15) is 5.01 Å². The van der Waals surface area contributed by atoms with Gasteiger partial charge in [-0.1, -0.05) is 55.1 Å². The molecule has 146 valence electrons. The summed E-state index contributed by atoms with van der Waals surface area (Å²) in [5, 5.41) is 11.7. The van der Waals surface area contributed by atoms with Crippen LogP contribution < -0.4 is 10.7 Å². The van der Waals surface area contributed by atoms with Crippen LogP contribution in [0.2, 0.25) is 0 Å². The van der Waals surface area contributed by atoms with Gasteiger partial charge < -0.3 is 9.88 Å². The third kappa shape index (κ3) is 3.63. The van der Waals surface area contributed by atoms with Crippen LogP contribution in [-0.4, -0.2) is 43.4 Å². The van der Waals surface area contributed by atoms with E-state index in [9.17, 15) is 14.4 Å². The molecule has 1 saturated heterocycles. The van der Waals surface area contributed by atoms with Crippen LogP contribution in [0, 0.1) is 0 Å². The number of imide groups is 1. The lowest BCUT2D eigenvalue weighted by Gasteiger charge is -2.25. The molecule has 0 spiro atoms. The Bertz CT molecular complexity index is 900. The van der Waals surface area contributed by atoms with Crippen molar-refractivity contribution in [1.82, 2.24) is 30.5 Å². The van der Waals surface area contributed by atoms with E-state index in [0.29, 0.717) is 23.7 Å². The Morgan fingerprint density at radius 1 is 1.36 bits per heavy atom. The monoisotopic (exact) mass is 400 g/mol. The lowest BCUT2D eigenvalue weighted by Crippen LogP contribution is -2.49. The van der Waals surface area contributed by atoms with Crippen molar-refractivity contribution in [2.75, 3.05) is 5.75 Å². The second kappa shape index (κ2) is 8.26. The molecule has 0 radical (unpaired) electrons. The normalized spacial score (nSPS) is 18.8. The molecule has 1 atom stereocenters. The van der Waals surface area contributed by atoms with E-state index in [1.54, 1.807) is 41.8 Å². The third-order valence-corrected chi connectivity index (χ3v) is 5.34. The first-order chi connectivity index (χ1) is 13.5. The number of rotatable bonds is 8. The summed E-state index contributed by atoms with van der Waals surface area (Å²) >= 11 is 1.15. The highest BCUT2D eigenvalue weighted by Crippen LogP contribution is 2.31. The van der Waals surface area contributed by atoms with Gasteiger partial charge in [0.25, 0.3) is 5.91 Å². The number of hydrogen-bond donors (Lipinski definition) is 2. The van der Waals surface area contributed by atoms with E-state index in [1.165, 1.54) is 6.33 Å². The van der Waals surface area contributed by atoms with Crippen LogP contribution in [0.5, 0.6) is 0 Å². The van der Waals surface area contributed by atoms with Gasteiger partial charge in [-0.3, -0.25) is 15.0 Å². The van der Waals surface area contributed by atoms with Crippen molar-refractivity contribution < 1.29 is 14.4 Å². The zero-order chi connectivity index (χ0) is 20.1. The molecule has 1 fully saturated rings. The number of carbonyl (C=O) groups excluding carboxylic acids is 3. The summed E-state index contributed by atoms with van der Waals surface area (Å²) in [6.45, 7) is 5.97. The molecule has 3 rings (SSSR count). The predicted molar refractivity (Wildman–Crippen MR) is 103 cm³/mol. The number of carbonyl (C=O) groups is 3. The number of amides is 4. The average Bonchev–Trinajstić information content (AvgIpc) is 3.25.